The van der Waals surface area contributed by atoms with E-state index in [9.17, 15) is 18.5 Å². The van der Waals surface area contributed by atoms with Gasteiger partial charge in [0.2, 0.25) is 5.91 Å². The molecule has 6 nitrogen and oxygen atoms in total. The number of nitriles is 1. The number of nitrogens with zero attached hydrogens (tertiary/aromatic N) is 2. The number of aryl methyl sites for hydroxylation is 2. The smallest absolute Gasteiger partial charge is 0.229 e. The van der Waals surface area contributed by atoms with Crippen LogP contribution in [0.15, 0.2) is 53.5 Å². The molecular formula is C27H31N3O3S2. The molecule has 0 spiro atoms. The molecule has 1 amide bonds. The van der Waals surface area contributed by atoms with Crippen molar-refractivity contribution in [3.8, 4) is 6.07 Å². The highest BCUT2D eigenvalue weighted by Crippen LogP contribution is 2.37. The van der Waals surface area contributed by atoms with E-state index >= 15 is 0 Å². The van der Waals surface area contributed by atoms with Crippen LogP contribution in [-0.4, -0.2) is 32.0 Å². The largest absolute Gasteiger partial charge is 0.316 e. The SMILES string of the molecule is C=C/C(=C\C=C(/C)CC(=O)Nc1sc2c(c1C#N)CCN(Cc1cc(C)cc(C)c1)C2)S(C)(=O)=O. The van der Waals surface area contributed by atoms with Crippen LogP contribution in [0.3, 0.4) is 0 Å². The number of nitrogens with one attached hydrogen (secondary N) is 1. The summed E-state index contributed by atoms with van der Waals surface area (Å²) in [6.07, 6.45) is 6.30. The van der Waals surface area contributed by atoms with Crippen LogP contribution in [0.4, 0.5) is 5.00 Å². The summed E-state index contributed by atoms with van der Waals surface area (Å²) in [5, 5.41) is 13.3. The normalized spacial score (nSPS) is 14.8. The predicted octanol–water partition coefficient (Wildman–Crippen LogP) is 5.18. The third kappa shape index (κ3) is 7.01. The van der Waals surface area contributed by atoms with Gasteiger partial charge in [-0.05, 0) is 44.4 Å². The number of hydrogen-bond acceptors (Lipinski definition) is 6. The van der Waals surface area contributed by atoms with Gasteiger partial charge in [0, 0.05) is 37.2 Å². The summed E-state index contributed by atoms with van der Waals surface area (Å²) in [6, 6.07) is 8.87. The van der Waals surface area contributed by atoms with Gasteiger partial charge >= 0.3 is 0 Å². The van der Waals surface area contributed by atoms with Crippen molar-refractivity contribution in [2.45, 2.75) is 46.7 Å². The molecule has 0 aliphatic carbocycles. The minimum absolute atomic E-state index is 0.0942. The molecule has 1 aromatic carbocycles. The number of carbonyl (C=O) groups is 1. The van der Waals surface area contributed by atoms with Gasteiger partial charge < -0.3 is 5.32 Å². The second-order valence-electron chi connectivity index (χ2n) is 9.06. The Morgan fingerprint density at radius 1 is 1.26 bits per heavy atom. The number of anilines is 1. The zero-order chi connectivity index (χ0) is 25.8. The molecule has 2 aromatic rings. The van der Waals surface area contributed by atoms with Crippen molar-refractivity contribution in [1.29, 1.82) is 5.26 Å². The predicted molar refractivity (Wildman–Crippen MR) is 143 cm³/mol. The van der Waals surface area contributed by atoms with Crippen molar-refractivity contribution in [2.75, 3.05) is 18.1 Å². The number of thiophene rings is 1. The van der Waals surface area contributed by atoms with Crippen molar-refractivity contribution < 1.29 is 13.2 Å². The highest BCUT2D eigenvalue weighted by Gasteiger charge is 2.25. The maximum atomic E-state index is 12.7. The molecule has 184 valence electrons. The van der Waals surface area contributed by atoms with Gasteiger partial charge in [-0.1, -0.05) is 53.6 Å². The van der Waals surface area contributed by atoms with Gasteiger partial charge in [0.05, 0.1) is 10.5 Å². The number of carbonyl (C=O) groups excluding carboxylic acids is 1. The van der Waals surface area contributed by atoms with Crippen molar-refractivity contribution in [3.63, 3.8) is 0 Å². The number of sulfone groups is 1. The molecule has 1 aliphatic heterocycles. The maximum Gasteiger partial charge on any atom is 0.229 e. The summed E-state index contributed by atoms with van der Waals surface area (Å²) in [5.74, 6) is -0.242. The average molecular weight is 510 g/mol. The molecule has 0 unspecified atom stereocenters. The fourth-order valence-electron chi connectivity index (χ4n) is 4.27. The minimum Gasteiger partial charge on any atom is -0.316 e. The monoisotopic (exact) mass is 509 g/mol. The van der Waals surface area contributed by atoms with Crippen LogP contribution in [0.25, 0.3) is 0 Å². The molecule has 0 bridgehead atoms. The highest BCUT2D eigenvalue weighted by molar-refractivity contribution is 7.94. The van der Waals surface area contributed by atoms with Crippen LogP contribution < -0.4 is 5.32 Å². The van der Waals surface area contributed by atoms with E-state index in [0.29, 0.717) is 16.1 Å². The van der Waals surface area contributed by atoms with Gasteiger partial charge in [-0.2, -0.15) is 5.26 Å². The second kappa shape index (κ2) is 11.2. The Bertz CT molecular complexity index is 1340. The average Bonchev–Trinajstić information content (AvgIpc) is 3.08. The Balaban J connectivity index is 1.70. The summed E-state index contributed by atoms with van der Waals surface area (Å²) in [4.78, 5) is 16.2. The fourth-order valence-corrected chi connectivity index (χ4v) is 6.14. The van der Waals surface area contributed by atoms with Gasteiger partial charge in [0.15, 0.2) is 9.84 Å². The van der Waals surface area contributed by atoms with E-state index in [-0.39, 0.29) is 17.2 Å². The lowest BCUT2D eigenvalue weighted by Crippen LogP contribution is -2.29. The third-order valence-corrected chi connectivity index (χ3v) is 8.08. The zero-order valence-corrected chi connectivity index (χ0v) is 22.3. The Morgan fingerprint density at radius 2 is 1.94 bits per heavy atom. The molecule has 1 N–H and O–H groups in total. The molecule has 35 heavy (non-hydrogen) atoms. The number of hydrogen-bond donors (Lipinski definition) is 1. The van der Waals surface area contributed by atoms with Crippen LogP contribution in [0.2, 0.25) is 0 Å². The maximum absolute atomic E-state index is 12.7. The number of fused-ring (bicyclic) bond motifs is 1. The highest BCUT2D eigenvalue weighted by atomic mass is 32.2. The van der Waals surface area contributed by atoms with E-state index in [1.54, 1.807) is 13.0 Å². The summed E-state index contributed by atoms with van der Waals surface area (Å²) < 4.78 is 23.4. The van der Waals surface area contributed by atoms with E-state index in [0.717, 1.165) is 42.8 Å². The number of allylic oxidation sites excluding steroid dienone is 3. The van der Waals surface area contributed by atoms with Crippen LogP contribution in [0.5, 0.6) is 0 Å². The standard InChI is InChI=1S/C27H31N3O3S2/c1-6-22(35(5,32)33)8-7-18(2)14-26(31)29-27-24(15-28)23-9-10-30(17-25(23)34-27)16-21-12-19(3)11-20(4)13-21/h6-8,11-13H,1,9-10,14,16-17H2,2-5H3,(H,29,31)/b18-7+,22-8+. The minimum atomic E-state index is -3.37. The molecule has 1 aliphatic rings. The first-order valence-corrected chi connectivity index (χ1v) is 14.0. The molecular weight excluding hydrogens is 478 g/mol. The van der Waals surface area contributed by atoms with Gasteiger partial charge in [0.1, 0.15) is 11.1 Å². The third-order valence-electron chi connectivity index (χ3n) is 5.79. The summed E-state index contributed by atoms with van der Waals surface area (Å²) in [7, 11) is -3.37. The summed E-state index contributed by atoms with van der Waals surface area (Å²) >= 11 is 1.47. The van der Waals surface area contributed by atoms with Crippen molar-refractivity contribution >= 4 is 32.1 Å². The Labute approximate surface area is 212 Å². The Morgan fingerprint density at radius 3 is 2.54 bits per heavy atom. The van der Waals surface area contributed by atoms with Crippen LogP contribution in [0.1, 0.15) is 46.0 Å². The molecule has 1 aromatic heterocycles. The molecule has 8 heteroatoms. The lowest BCUT2D eigenvalue weighted by atomic mass is 10.0. The first-order chi connectivity index (χ1) is 16.5. The first-order valence-electron chi connectivity index (χ1n) is 11.3. The molecule has 2 heterocycles. The van der Waals surface area contributed by atoms with Crippen molar-refractivity contribution in [1.82, 2.24) is 4.90 Å². The number of benzene rings is 1. The molecule has 0 fully saturated rings. The van der Waals surface area contributed by atoms with Gasteiger partial charge in [-0.15, -0.1) is 11.3 Å². The van der Waals surface area contributed by atoms with E-state index in [4.69, 9.17) is 0 Å². The number of rotatable bonds is 8. The first kappa shape index (κ1) is 26.6. The van der Waals surface area contributed by atoms with E-state index in [1.165, 1.54) is 40.2 Å². The van der Waals surface area contributed by atoms with E-state index in [1.807, 2.05) is 0 Å². The molecule has 0 saturated heterocycles. The molecule has 0 atom stereocenters. The zero-order valence-electron chi connectivity index (χ0n) is 20.6. The van der Waals surface area contributed by atoms with Crippen LogP contribution >= 0.6 is 11.3 Å². The van der Waals surface area contributed by atoms with Crippen molar-refractivity contribution in [2.24, 2.45) is 0 Å². The lowest BCUT2D eigenvalue weighted by Gasteiger charge is -2.27. The van der Waals surface area contributed by atoms with E-state index in [2.05, 4.69) is 54.9 Å². The van der Waals surface area contributed by atoms with Crippen LogP contribution in [-0.2, 0) is 34.1 Å². The van der Waals surface area contributed by atoms with Crippen molar-refractivity contribution in [3.05, 3.63) is 86.2 Å². The van der Waals surface area contributed by atoms with Crippen LogP contribution in [0, 0.1) is 25.2 Å². The molecule has 0 saturated carbocycles. The van der Waals surface area contributed by atoms with E-state index < -0.39 is 9.84 Å². The van der Waals surface area contributed by atoms with Gasteiger partial charge in [-0.25, -0.2) is 8.42 Å². The topological polar surface area (TPSA) is 90.3 Å². The summed E-state index contributed by atoms with van der Waals surface area (Å²) in [5.41, 5.74) is 6.07. The molecule has 3 rings (SSSR count). The molecule has 0 radical (unpaired) electrons. The Kier molecular flexibility index (Phi) is 8.49. The van der Waals surface area contributed by atoms with Gasteiger partial charge in [0.25, 0.3) is 0 Å². The summed E-state index contributed by atoms with van der Waals surface area (Å²) in [6.45, 7) is 11.9. The number of amides is 1. The van der Waals surface area contributed by atoms with Gasteiger partial charge in [-0.3, -0.25) is 9.69 Å². The second-order valence-corrected chi connectivity index (χ2v) is 12.2. The Hall–Kier alpha value is -2.99. The lowest BCUT2D eigenvalue weighted by molar-refractivity contribution is -0.115. The quantitative estimate of drug-likeness (QED) is 0.495. The fraction of sp³-hybridized carbons (Fsp3) is 0.333.